The van der Waals surface area contributed by atoms with Crippen LogP contribution < -0.4 is 0 Å². The Hall–Kier alpha value is -3.04. The second kappa shape index (κ2) is 7.29. The molecule has 1 heterocycles. The first-order valence-electron chi connectivity index (χ1n) is 9.24. The Morgan fingerprint density at radius 1 is 0.815 bits per heavy atom. The molecule has 0 aliphatic heterocycles. The molecule has 0 radical (unpaired) electrons. The lowest BCUT2D eigenvalue weighted by Gasteiger charge is -2.29. The lowest BCUT2D eigenvalue weighted by atomic mass is 9.83. The van der Waals surface area contributed by atoms with Gasteiger partial charge in [0.15, 0.2) is 11.4 Å². The van der Waals surface area contributed by atoms with E-state index in [1.807, 2.05) is 84.9 Å². The topological polar surface area (TPSA) is 50.2 Å². The fraction of sp³-hybridized carbons (Fsp3) is 0.167. The van der Waals surface area contributed by atoms with E-state index in [-0.39, 0.29) is 5.78 Å². The van der Waals surface area contributed by atoms with E-state index in [4.69, 9.17) is 4.98 Å². The van der Waals surface area contributed by atoms with Gasteiger partial charge in [-0.15, -0.1) is 0 Å². The predicted molar refractivity (Wildman–Crippen MR) is 106 cm³/mol. The maximum absolute atomic E-state index is 12.3. The van der Waals surface area contributed by atoms with Gasteiger partial charge in [0.1, 0.15) is 0 Å². The largest absolute Gasteiger partial charge is 0.374 e. The minimum absolute atomic E-state index is 0.119. The van der Waals surface area contributed by atoms with Gasteiger partial charge in [0.2, 0.25) is 0 Å². The molecule has 134 valence electrons. The van der Waals surface area contributed by atoms with Gasteiger partial charge in [-0.3, -0.25) is 4.79 Å². The average Bonchev–Trinajstić information content (AvgIpc) is 2.75. The summed E-state index contributed by atoms with van der Waals surface area (Å²) in [6.45, 7) is 0. The predicted octanol–water partition coefficient (Wildman–Crippen LogP) is 4.50. The fourth-order valence-electron chi connectivity index (χ4n) is 3.61. The molecule has 3 heteroatoms. The highest BCUT2D eigenvalue weighted by atomic mass is 16.3. The van der Waals surface area contributed by atoms with E-state index in [0.29, 0.717) is 23.4 Å². The van der Waals surface area contributed by atoms with Crippen LogP contribution in [-0.4, -0.2) is 15.9 Å². The van der Waals surface area contributed by atoms with Crippen molar-refractivity contribution in [3.05, 3.63) is 107 Å². The molecule has 4 rings (SSSR count). The molecule has 0 bridgehead atoms. The van der Waals surface area contributed by atoms with Gasteiger partial charge < -0.3 is 5.11 Å². The molecule has 0 unspecified atom stereocenters. The van der Waals surface area contributed by atoms with Gasteiger partial charge in [-0.25, -0.2) is 4.98 Å². The van der Waals surface area contributed by atoms with Crippen molar-refractivity contribution < 1.29 is 9.90 Å². The molecule has 0 amide bonds. The molecule has 0 atom stereocenters. The zero-order chi connectivity index (χ0) is 18.7. The quantitative estimate of drug-likeness (QED) is 0.749. The number of nitrogens with zero attached hydrogens (tertiary/aromatic N) is 1. The summed E-state index contributed by atoms with van der Waals surface area (Å²) < 4.78 is 0. The lowest BCUT2D eigenvalue weighted by molar-refractivity contribution is -0.114. The first-order chi connectivity index (χ1) is 13.2. The molecular formula is C24H21NO2. The highest BCUT2D eigenvalue weighted by Gasteiger charge is 2.35. The highest BCUT2D eigenvalue weighted by Crippen LogP contribution is 2.36. The van der Waals surface area contributed by atoms with Crippen molar-refractivity contribution in [2.45, 2.75) is 24.9 Å². The van der Waals surface area contributed by atoms with Crippen LogP contribution in [0.5, 0.6) is 0 Å². The van der Waals surface area contributed by atoms with Crippen molar-refractivity contribution in [2.75, 3.05) is 0 Å². The van der Waals surface area contributed by atoms with Crippen LogP contribution in [0.1, 0.15) is 41.8 Å². The Morgan fingerprint density at radius 2 is 1.44 bits per heavy atom. The Balaban J connectivity index is 1.88. The van der Waals surface area contributed by atoms with Crippen molar-refractivity contribution in [3.63, 3.8) is 0 Å². The number of benzene rings is 2. The van der Waals surface area contributed by atoms with Gasteiger partial charge in [0.05, 0.1) is 11.4 Å². The minimum Gasteiger partial charge on any atom is -0.374 e. The number of hydrogen-bond donors (Lipinski definition) is 1. The lowest BCUT2D eigenvalue weighted by Crippen LogP contribution is -2.30. The average molecular weight is 355 g/mol. The first-order valence-corrected chi connectivity index (χ1v) is 9.24. The van der Waals surface area contributed by atoms with Crippen molar-refractivity contribution in [3.8, 4) is 0 Å². The van der Waals surface area contributed by atoms with Gasteiger partial charge >= 0.3 is 0 Å². The molecule has 1 N–H and O–H groups in total. The molecule has 3 nitrogen and oxygen atoms in total. The van der Waals surface area contributed by atoms with Crippen LogP contribution in [0, 0.1) is 0 Å². The normalized spacial score (nSPS) is 14.7. The molecule has 0 fully saturated rings. The van der Waals surface area contributed by atoms with E-state index in [0.717, 1.165) is 24.0 Å². The Labute approximate surface area is 159 Å². The van der Waals surface area contributed by atoms with Gasteiger partial charge in [-0.2, -0.15) is 0 Å². The van der Waals surface area contributed by atoms with Crippen LogP contribution in [0.4, 0.5) is 0 Å². The molecule has 27 heavy (non-hydrogen) atoms. The van der Waals surface area contributed by atoms with Gasteiger partial charge in [-0.1, -0.05) is 72.8 Å². The van der Waals surface area contributed by atoms with Crippen LogP contribution in [0.3, 0.4) is 0 Å². The summed E-state index contributed by atoms with van der Waals surface area (Å²) in [5.41, 5.74) is 1.89. The van der Waals surface area contributed by atoms with E-state index in [2.05, 4.69) is 0 Å². The zero-order valence-electron chi connectivity index (χ0n) is 15.0. The van der Waals surface area contributed by atoms with Crippen LogP contribution in [0.25, 0.3) is 5.57 Å². The molecule has 1 aromatic heterocycles. The van der Waals surface area contributed by atoms with Crippen LogP contribution in [0.2, 0.25) is 0 Å². The standard InChI is InChI=1S/C24H21NO2/c26-22-16-8-7-14-20(22)21-15-9-17-23(25-21)24(27,18-10-3-1-4-11-18)19-12-5-2-6-13-19/h1-6,9-15,17,27H,7-8,16H2. The number of ketones is 1. The zero-order valence-corrected chi connectivity index (χ0v) is 15.0. The van der Waals surface area contributed by atoms with Crippen molar-refractivity contribution in [1.29, 1.82) is 0 Å². The smallest absolute Gasteiger partial charge is 0.164 e. The Morgan fingerprint density at radius 3 is 2.04 bits per heavy atom. The molecule has 0 saturated heterocycles. The molecular weight excluding hydrogens is 334 g/mol. The maximum Gasteiger partial charge on any atom is 0.164 e. The maximum atomic E-state index is 12.3. The third-order valence-corrected chi connectivity index (χ3v) is 5.04. The number of hydrogen-bond acceptors (Lipinski definition) is 3. The van der Waals surface area contributed by atoms with Gasteiger partial charge in [0.25, 0.3) is 0 Å². The summed E-state index contributed by atoms with van der Waals surface area (Å²) in [7, 11) is 0. The first kappa shape index (κ1) is 17.4. The van der Waals surface area contributed by atoms with Crippen molar-refractivity contribution in [2.24, 2.45) is 0 Å². The minimum atomic E-state index is -1.39. The van der Waals surface area contributed by atoms with Crippen molar-refractivity contribution >= 4 is 11.4 Å². The van der Waals surface area contributed by atoms with Crippen LogP contribution in [0.15, 0.2) is 84.9 Å². The van der Waals surface area contributed by atoms with Gasteiger partial charge in [0, 0.05) is 12.0 Å². The summed E-state index contributed by atoms with van der Waals surface area (Å²) in [6, 6.07) is 24.6. The number of carbonyl (C=O) groups is 1. The third kappa shape index (κ3) is 3.22. The SMILES string of the molecule is O=C1CCCC=C1c1cccc(C(O)(c2ccccc2)c2ccccc2)n1. The van der Waals surface area contributed by atoms with E-state index >= 15 is 0 Å². The monoisotopic (exact) mass is 355 g/mol. The van der Waals surface area contributed by atoms with E-state index in [1.54, 1.807) is 0 Å². The summed E-state index contributed by atoms with van der Waals surface area (Å²) >= 11 is 0. The third-order valence-electron chi connectivity index (χ3n) is 5.04. The number of aliphatic hydroxyl groups is 1. The highest BCUT2D eigenvalue weighted by molar-refractivity contribution is 6.20. The molecule has 1 aliphatic carbocycles. The summed E-state index contributed by atoms with van der Waals surface area (Å²) in [4.78, 5) is 17.1. The Kier molecular flexibility index (Phi) is 4.69. The number of allylic oxidation sites excluding steroid dienone is 2. The number of rotatable bonds is 4. The van der Waals surface area contributed by atoms with Gasteiger partial charge in [-0.05, 0) is 36.1 Å². The van der Waals surface area contributed by atoms with Crippen LogP contribution >= 0.6 is 0 Å². The molecule has 0 saturated carbocycles. The van der Waals surface area contributed by atoms with E-state index in [9.17, 15) is 9.90 Å². The summed E-state index contributed by atoms with van der Waals surface area (Å²) in [5.74, 6) is 0.119. The number of Topliss-reactive ketones (excluding diaryl/α,β-unsaturated/α-hetero) is 1. The molecule has 1 aliphatic rings. The number of aromatic nitrogens is 1. The molecule has 3 aromatic rings. The molecule has 2 aromatic carbocycles. The van der Waals surface area contributed by atoms with Crippen molar-refractivity contribution in [1.82, 2.24) is 4.98 Å². The second-order valence-corrected chi connectivity index (χ2v) is 6.78. The fourth-order valence-corrected chi connectivity index (χ4v) is 3.61. The van der Waals surface area contributed by atoms with E-state index in [1.165, 1.54) is 0 Å². The Bertz CT molecular complexity index is 938. The summed E-state index contributed by atoms with van der Waals surface area (Å²) in [5, 5.41) is 11.8. The van der Waals surface area contributed by atoms with Crippen LogP contribution in [-0.2, 0) is 10.4 Å². The summed E-state index contributed by atoms with van der Waals surface area (Å²) in [6.07, 6.45) is 4.29. The second-order valence-electron chi connectivity index (χ2n) is 6.78. The van der Waals surface area contributed by atoms with E-state index < -0.39 is 5.60 Å². The number of pyridine rings is 1. The number of carbonyl (C=O) groups excluding carboxylic acids is 1. The molecule has 0 spiro atoms.